The molecule has 5 heteroatoms. The lowest BCUT2D eigenvalue weighted by atomic mass is 9.70. The van der Waals surface area contributed by atoms with E-state index < -0.39 is 11.4 Å². The Morgan fingerprint density at radius 1 is 1.30 bits per heavy atom. The molecule has 0 aromatic heterocycles. The lowest BCUT2D eigenvalue weighted by molar-refractivity contribution is -0.137. The molecule has 0 atom stereocenters. The van der Waals surface area contributed by atoms with Crippen LogP contribution in [0, 0.1) is 0 Å². The average molecular weight is 338 g/mol. The van der Waals surface area contributed by atoms with Crippen LogP contribution in [0.2, 0.25) is 0 Å². The zero-order chi connectivity index (χ0) is 14.3. The van der Waals surface area contributed by atoms with Gasteiger partial charge in [0.25, 0.3) is 0 Å². The zero-order valence-corrected chi connectivity index (χ0v) is 12.6. The van der Waals surface area contributed by atoms with Crippen molar-refractivity contribution in [1.82, 2.24) is 0 Å². The fourth-order valence-corrected chi connectivity index (χ4v) is 3.90. The Kier molecular flexibility index (Phi) is 3.32. The molecule has 3 rings (SSSR count). The second-order valence-corrected chi connectivity index (χ2v) is 6.50. The first-order valence-electron chi connectivity index (χ1n) is 6.88. The highest BCUT2D eigenvalue weighted by Gasteiger charge is 2.51. The molecule has 0 saturated heterocycles. The largest absolute Gasteiger partial charge is 0.480 e. The number of halogens is 1. The van der Waals surface area contributed by atoms with E-state index in [0.717, 1.165) is 47.8 Å². The van der Waals surface area contributed by atoms with Crippen LogP contribution in [0.15, 0.2) is 22.7 Å². The molecular formula is C15H16BrNO3. The van der Waals surface area contributed by atoms with Gasteiger partial charge in [0.2, 0.25) is 5.91 Å². The quantitative estimate of drug-likeness (QED) is 0.902. The highest BCUT2D eigenvalue weighted by Crippen LogP contribution is 2.50. The van der Waals surface area contributed by atoms with Gasteiger partial charge in [-0.1, -0.05) is 35.2 Å². The lowest BCUT2D eigenvalue weighted by Gasteiger charge is -2.32. The lowest BCUT2D eigenvalue weighted by Crippen LogP contribution is -2.43. The average Bonchev–Trinajstić information content (AvgIpc) is 2.63. The number of carboxylic acid groups (broad SMARTS) is 1. The van der Waals surface area contributed by atoms with Crippen LogP contribution in [0.25, 0.3) is 0 Å². The molecule has 2 aliphatic rings. The molecule has 0 radical (unpaired) electrons. The summed E-state index contributed by atoms with van der Waals surface area (Å²) >= 11 is 3.46. The second kappa shape index (κ2) is 4.88. The van der Waals surface area contributed by atoms with Gasteiger partial charge in [-0.3, -0.25) is 9.59 Å². The molecule has 1 fully saturated rings. The van der Waals surface area contributed by atoms with Gasteiger partial charge in [-0.2, -0.15) is 0 Å². The summed E-state index contributed by atoms with van der Waals surface area (Å²) < 4.78 is 0.936. The van der Waals surface area contributed by atoms with E-state index in [4.69, 9.17) is 5.11 Å². The maximum absolute atomic E-state index is 12.8. The molecule has 20 heavy (non-hydrogen) atoms. The van der Waals surface area contributed by atoms with Gasteiger partial charge in [0.05, 0.1) is 5.41 Å². The predicted molar refractivity (Wildman–Crippen MR) is 78.9 cm³/mol. The van der Waals surface area contributed by atoms with Crippen LogP contribution >= 0.6 is 15.9 Å². The van der Waals surface area contributed by atoms with Crippen LogP contribution in [0.3, 0.4) is 0 Å². The molecule has 1 aliphatic heterocycles. The summed E-state index contributed by atoms with van der Waals surface area (Å²) in [6.45, 7) is -0.255. The third kappa shape index (κ3) is 1.95. The number of carbonyl (C=O) groups excluding carboxylic acids is 1. The number of benzene rings is 1. The minimum atomic E-state index is -0.972. The molecule has 4 nitrogen and oxygen atoms in total. The Hall–Kier alpha value is -1.36. The summed E-state index contributed by atoms with van der Waals surface area (Å²) in [6.07, 6.45) is 4.85. The van der Waals surface area contributed by atoms with E-state index in [1.54, 1.807) is 0 Å². The van der Waals surface area contributed by atoms with E-state index in [2.05, 4.69) is 15.9 Å². The third-order valence-corrected chi connectivity index (χ3v) is 4.91. The topological polar surface area (TPSA) is 57.6 Å². The molecule has 106 valence electrons. The smallest absolute Gasteiger partial charge is 0.323 e. The molecule has 1 N–H and O–H groups in total. The molecule has 1 aliphatic carbocycles. The minimum Gasteiger partial charge on any atom is -0.480 e. The van der Waals surface area contributed by atoms with Crippen molar-refractivity contribution in [3.05, 3.63) is 28.2 Å². The number of fused-ring (bicyclic) bond motifs is 2. The van der Waals surface area contributed by atoms with Crippen LogP contribution in [0.4, 0.5) is 5.69 Å². The number of hydrogen-bond donors (Lipinski definition) is 1. The van der Waals surface area contributed by atoms with Gasteiger partial charge < -0.3 is 10.0 Å². The Balaban J connectivity index is 2.12. The third-order valence-electron chi connectivity index (χ3n) is 4.42. The predicted octanol–water partition coefficient (Wildman–Crippen LogP) is 3.08. The van der Waals surface area contributed by atoms with E-state index in [0.29, 0.717) is 0 Å². The molecule has 1 amide bonds. The maximum Gasteiger partial charge on any atom is 0.323 e. The van der Waals surface area contributed by atoms with Gasteiger partial charge in [0.1, 0.15) is 6.54 Å². The van der Waals surface area contributed by atoms with Gasteiger partial charge in [0, 0.05) is 10.2 Å². The molecular weight excluding hydrogens is 322 g/mol. The van der Waals surface area contributed by atoms with Crippen molar-refractivity contribution in [2.45, 2.75) is 37.5 Å². The molecule has 1 aromatic rings. The number of aliphatic carboxylic acids is 1. The molecule has 0 unspecified atom stereocenters. The normalized spacial score (nSPS) is 20.2. The number of anilines is 1. The Labute approximate surface area is 125 Å². The number of carboxylic acids is 1. The van der Waals surface area contributed by atoms with E-state index in [1.807, 2.05) is 18.2 Å². The van der Waals surface area contributed by atoms with Gasteiger partial charge in [-0.05, 0) is 36.6 Å². The summed E-state index contributed by atoms with van der Waals surface area (Å²) in [4.78, 5) is 25.3. The molecule has 1 spiro atoms. The van der Waals surface area contributed by atoms with Crippen LogP contribution in [0.5, 0.6) is 0 Å². The number of carbonyl (C=O) groups is 2. The molecule has 1 heterocycles. The van der Waals surface area contributed by atoms with Crippen molar-refractivity contribution in [3.63, 3.8) is 0 Å². The highest BCUT2D eigenvalue weighted by molar-refractivity contribution is 9.10. The van der Waals surface area contributed by atoms with E-state index in [9.17, 15) is 9.59 Å². The summed E-state index contributed by atoms with van der Waals surface area (Å²) in [6, 6.07) is 5.70. The van der Waals surface area contributed by atoms with E-state index >= 15 is 0 Å². The van der Waals surface area contributed by atoms with Crippen molar-refractivity contribution < 1.29 is 14.7 Å². The first kappa shape index (κ1) is 13.6. The first-order valence-corrected chi connectivity index (χ1v) is 7.68. The second-order valence-electron chi connectivity index (χ2n) is 5.59. The number of rotatable bonds is 2. The Morgan fingerprint density at radius 3 is 2.65 bits per heavy atom. The van der Waals surface area contributed by atoms with Gasteiger partial charge in [0.15, 0.2) is 0 Å². The molecule has 1 aromatic carbocycles. The maximum atomic E-state index is 12.8. The van der Waals surface area contributed by atoms with Crippen LogP contribution in [-0.4, -0.2) is 23.5 Å². The zero-order valence-electron chi connectivity index (χ0n) is 11.1. The fraction of sp³-hybridized carbons (Fsp3) is 0.467. The fourth-order valence-electron chi connectivity index (χ4n) is 3.54. The van der Waals surface area contributed by atoms with Crippen LogP contribution < -0.4 is 4.90 Å². The standard InChI is InChI=1S/C15H16BrNO3/c16-10-4-5-12-11(8-10)15(6-2-1-3-7-15)14(20)17(12)9-13(18)19/h4-5,8H,1-3,6-7,9H2,(H,18,19). The number of amides is 1. The Morgan fingerprint density at radius 2 is 2.00 bits per heavy atom. The summed E-state index contributed by atoms with van der Waals surface area (Å²) in [5.41, 5.74) is 1.27. The van der Waals surface area contributed by atoms with Crippen molar-refractivity contribution in [1.29, 1.82) is 0 Å². The monoisotopic (exact) mass is 337 g/mol. The number of hydrogen-bond acceptors (Lipinski definition) is 2. The highest BCUT2D eigenvalue weighted by atomic mass is 79.9. The minimum absolute atomic E-state index is 0.0345. The van der Waals surface area contributed by atoms with Crippen LogP contribution in [0.1, 0.15) is 37.7 Å². The van der Waals surface area contributed by atoms with Crippen molar-refractivity contribution in [3.8, 4) is 0 Å². The summed E-state index contributed by atoms with van der Waals surface area (Å²) in [5, 5.41) is 9.06. The summed E-state index contributed by atoms with van der Waals surface area (Å²) in [5.74, 6) is -1.01. The molecule has 1 saturated carbocycles. The van der Waals surface area contributed by atoms with Gasteiger partial charge >= 0.3 is 5.97 Å². The SMILES string of the molecule is O=C(O)CN1C(=O)C2(CCCCC2)c2cc(Br)ccc21. The Bertz CT molecular complexity index is 578. The van der Waals surface area contributed by atoms with E-state index in [1.165, 1.54) is 4.90 Å². The number of nitrogens with zero attached hydrogens (tertiary/aromatic N) is 1. The van der Waals surface area contributed by atoms with Gasteiger partial charge in [-0.25, -0.2) is 0 Å². The van der Waals surface area contributed by atoms with Crippen molar-refractivity contribution in [2.24, 2.45) is 0 Å². The first-order chi connectivity index (χ1) is 9.54. The van der Waals surface area contributed by atoms with E-state index in [-0.39, 0.29) is 12.5 Å². The summed E-state index contributed by atoms with van der Waals surface area (Å²) in [7, 11) is 0. The van der Waals surface area contributed by atoms with Crippen molar-refractivity contribution >= 4 is 33.5 Å². The van der Waals surface area contributed by atoms with Crippen molar-refractivity contribution in [2.75, 3.05) is 11.4 Å². The van der Waals surface area contributed by atoms with Crippen LogP contribution in [-0.2, 0) is 15.0 Å². The van der Waals surface area contributed by atoms with Gasteiger partial charge in [-0.15, -0.1) is 0 Å². The molecule has 0 bridgehead atoms.